The fourth-order valence-corrected chi connectivity index (χ4v) is 3.13. The number of hydrogen-bond acceptors (Lipinski definition) is 5. The molecule has 2 heterocycles. The van der Waals surface area contributed by atoms with E-state index in [2.05, 4.69) is 15.8 Å². The number of hydrazine groups is 1. The lowest BCUT2D eigenvalue weighted by Gasteiger charge is -2.07. The van der Waals surface area contributed by atoms with Crippen molar-refractivity contribution >= 4 is 23.2 Å². The topological polar surface area (TPSA) is 84.2 Å². The maximum absolute atomic E-state index is 12.3. The lowest BCUT2D eigenvalue weighted by atomic mass is 10.1. The van der Waals surface area contributed by atoms with Gasteiger partial charge in [0.1, 0.15) is 5.69 Å². The first-order valence-corrected chi connectivity index (χ1v) is 8.61. The summed E-state index contributed by atoms with van der Waals surface area (Å²) in [6.07, 6.45) is 2.45. The highest BCUT2D eigenvalue weighted by molar-refractivity contribution is 7.15. The minimum atomic E-state index is -0.468. The zero-order valence-electron chi connectivity index (χ0n) is 13.8. The van der Waals surface area contributed by atoms with Crippen LogP contribution in [0.4, 0.5) is 0 Å². The lowest BCUT2D eigenvalue weighted by Crippen LogP contribution is -2.42. The Kier molecular flexibility index (Phi) is 4.95. The molecule has 0 aliphatic heterocycles. The molecule has 7 heteroatoms. The van der Waals surface area contributed by atoms with Crippen LogP contribution in [0.2, 0.25) is 0 Å². The second-order valence-electron chi connectivity index (χ2n) is 5.36. The van der Waals surface area contributed by atoms with Gasteiger partial charge in [-0.25, -0.2) is 4.98 Å². The van der Waals surface area contributed by atoms with Gasteiger partial charge >= 0.3 is 0 Å². The summed E-state index contributed by atoms with van der Waals surface area (Å²) in [6.45, 7) is 3.84. The highest BCUT2D eigenvalue weighted by atomic mass is 32.1. The van der Waals surface area contributed by atoms with E-state index in [1.807, 2.05) is 19.1 Å². The molecule has 0 saturated heterocycles. The average molecular weight is 355 g/mol. The van der Waals surface area contributed by atoms with Crippen LogP contribution in [0.15, 0.2) is 47.1 Å². The van der Waals surface area contributed by atoms with Crippen molar-refractivity contribution in [3.8, 4) is 10.8 Å². The van der Waals surface area contributed by atoms with Gasteiger partial charge in [-0.1, -0.05) is 19.1 Å². The molecule has 0 spiro atoms. The Labute approximate surface area is 148 Å². The third kappa shape index (κ3) is 3.77. The number of nitrogens with one attached hydrogen (secondary N) is 2. The van der Waals surface area contributed by atoms with Gasteiger partial charge in [-0.3, -0.25) is 20.4 Å². The number of thiazole rings is 1. The summed E-state index contributed by atoms with van der Waals surface area (Å²) >= 11 is 1.36. The van der Waals surface area contributed by atoms with Crippen molar-refractivity contribution in [3.63, 3.8) is 0 Å². The van der Waals surface area contributed by atoms with E-state index >= 15 is 0 Å². The third-order valence-electron chi connectivity index (χ3n) is 3.66. The second kappa shape index (κ2) is 7.31. The number of nitrogens with zero attached hydrogens (tertiary/aromatic N) is 1. The Bertz CT molecular complexity index is 883. The van der Waals surface area contributed by atoms with Crippen molar-refractivity contribution in [3.05, 3.63) is 64.4 Å². The van der Waals surface area contributed by atoms with Crippen molar-refractivity contribution < 1.29 is 14.0 Å². The van der Waals surface area contributed by atoms with E-state index in [1.54, 1.807) is 37.5 Å². The Balaban J connectivity index is 1.65. The minimum absolute atomic E-state index is 0.262. The van der Waals surface area contributed by atoms with Gasteiger partial charge in [-0.05, 0) is 43.2 Å². The van der Waals surface area contributed by atoms with Gasteiger partial charge in [0.2, 0.25) is 0 Å². The van der Waals surface area contributed by atoms with Crippen molar-refractivity contribution in [2.45, 2.75) is 20.3 Å². The van der Waals surface area contributed by atoms with Gasteiger partial charge < -0.3 is 4.42 Å². The molecule has 0 aliphatic rings. The van der Waals surface area contributed by atoms with Crippen molar-refractivity contribution in [2.75, 3.05) is 0 Å². The van der Waals surface area contributed by atoms with Crippen LogP contribution in [0.1, 0.15) is 38.2 Å². The van der Waals surface area contributed by atoms with Gasteiger partial charge in [0.05, 0.1) is 6.26 Å². The molecule has 0 saturated carbocycles. The van der Waals surface area contributed by atoms with Crippen LogP contribution in [0, 0.1) is 6.92 Å². The molecule has 25 heavy (non-hydrogen) atoms. The second-order valence-corrected chi connectivity index (χ2v) is 6.56. The minimum Gasteiger partial charge on any atom is -0.462 e. The molecule has 2 aromatic heterocycles. The molecular weight excluding hydrogens is 338 g/mol. The van der Waals surface area contributed by atoms with E-state index in [9.17, 15) is 9.59 Å². The predicted octanol–water partition coefficient (Wildman–Crippen LogP) is 3.35. The summed E-state index contributed by atoms with van der Waals surface area (Å²) in [5.41, 5.74) is 6.69. The van der Waals surface area contributed by atoms with Crippen LogP contribution in [-0.4, -0.2) is 16.8 Å². The number of amides is 2. The molecule has 0 bridgehead atoms. The van der Waals surface area contributed by atoms with Crippen LogP contribution in [-0.2, 0) is 6.42 Å². The Morgan fingerprint density at radius 1 is 1.12 bits per heavy atom. The summed E-state index contributed by atoms with van der Waals surface area (Å²) in [4.78, 5) is 29.4. The normalized spacial score (nSPS) is 10.5. The Hall–Kier alpha value is -2.93. The summed E-state index contributed by atoms with van der Waals surface area (Å²) in [7, 11) is 0. The highest BCUT2D eigenvalue weighted by Crippen LogP contribution is 2.27. The van der Waals surface area contributed by atoms with E-state index in [1.165, 1.54) is 11.3 Å². The number of furan rings is 1. The highest BCUT2D eigenvalue weighted by Gasteiger charge is 2.18. The van der Waals surface area contributed by atoms with Crippen LogP contribution in [0.25, 0.3) is 10.8 Å². The summed E-state index contributed by atoms with van der Waals surface area (Å²) < 4.78 is 5.29. The number of carbonyl (C=O) groups excluding carboxylic acids is 2. The first kappa shape index (κ1) is 16.9. The molecule has 0 atom stereocenters. The molecule has 2 N–H and O–H groups in total. The van der Waals surface area contributed by atoms with Crippen LogP contribution >= 0.6 is 11.3 Å². The molecule has 0 fully saturated rings. The molecule has 0 unspecified atom stereocenters. The van der Waals surface area contributed by atoms with E-state index in [-0.39, 0.29) is 11.6 Å². The summed E-state index contributed by atoms with van der Waals surface area (Å²) in [5.74, 6) is -0.243. The quantitative estimate of drug-likeness (QED) is 0.703. The number of carbonyl (C=O) groups is 2. The van der Waals surface area contributed by atoms with Crippen LogP contribution < -0.4 is 10.9 Å². The first-order chi connectivity index (χ1) is 12.1. The fraction of sp³-hybridized carbons (Fsp3) is 0.167. The average Bonchev–Trinajstić information content (AvgIpc) is 3.29. The number of hydrogen-bond donors (Lipinski definition) is 2. The lowest BCUT2D eigenvalue weighted by molar-refractivity contribution is 0.0844. The zero-order chi connectivity index (χ0) is 17.8. The SMILES string of the molecule is CCc1ccc(C(=O)NNC(=O)c2nc(-c3ccco3)sc2C)cc1. The number of benzene rings is 1. The number of aromatic nitrogens is 1. The third-order valence-corrected chi connectivity index (χ3v) is 4.64. The molecule has 0 radical (unpaired) electrons. The summed E-state index contributed by atoms with van der Waals surface area (Å²) in [6, 6.07) is 10.8. The number of rotatable bonds is 4. The van der Waals surface area contributed by atoms with Gasteiger partial charge in [0.25, 0.3) is 11.8 Å². The Morgan fingerprint density at radius 2 is 1.84 bits per heavy atom. The molecule has 6 nitrogen and oxygen atoms in total. The van der Waals surface area contributed by atoms with Crippen molar-refractivity contribution in [1.29, 1.82) is 0 Å². The Morgan fingerprint density at radius 3 is 2.48 bits per heavy atom. The molecule has 2 amide bonds. The van der Waals surface area contributed by atoms with Crippen molar-refractivity contribution in [2.24, 2.45) is 0 Å². The molecule has 3 rings (SSSR count). The van der Waals surface area contributed by atoms with E-state index < -0.39 is 5.91 Å². The van der Waals surface area contributed by atoms with Gasteiger partial charge in [-0.2, -0.15) is 0 Å². The zero-order valence-corrected chi connectivity index (χ0v) is 14.6. The smallest absolute Gasteiger partial charge is 0.289 e. The molecule has 0 aliphatic carbocycles. The van der Waals surface area contributed by atoms with Crippen molar-refractivity contribution in [1.82, 2.24) is 15.8 Å². The molecular formula is C18H17N3O3S. The van der Waals surface area contributed by atoms with Gasteiger partial charge in [-0.15, -0.1) is 11.3 Å². The monoisotopic (exact) mass is 355 g/mol. The number of aryl methyl sites for hydroxylation is 2. The molecule has 1 aromatic carbocycles. The molecule has 3 aromatic rings. The van der Waals surface area contributed by atoms with E-state index in [4.69, 9.17) is 4.42 Å². The standard InChI is InChI=1S/C18H17N3O3S/c1-3-12-6-8-13(9-7-12)16(22)20-21-17(23)15-11(2)25-18(19-15)14-5-4-10-24-14/h4-10H,3H2,1-2H3,(H,20,22)(H,21,23). The predicted molar refractivity (Wildman–Crippen MR) is 95.3 cm³/mol. The maximum Gasteiger partial charge on any atom is 0.289 e. The van der Waals surface area contributed by atoms with E-state index in [0.29, 0.717) is 16.3 Å². The fourth-order valence-electron chi connectivity index (χ4n) is 2.25. The first-order valence-electron chi connectivity index (χ1n) is 7.79. The van der Waals surface area contributed by atoms with E-state index in [0.717, 1.165) is 16.9 Å². The van der Waals surface area contributed by atoms with Crippen LogP contribution in [0.5, 0.6) is 0 Å². The summed E-state index contributed by atoms with van der Waals surface area (Å²) in [5, 5.41) is 0.620. The van der Waals surface area contributed by atoms with Gasteiger partial charge in [0, 0.05) is 10.4 Å². The largest absolute Gasteiger partial charge is 0.462 e. The molecule has 128 valence electrons. The van der Waals surface area contributed by atoms with Crippen LogP contribution in [0.3, 0.4) is 0 Å². The van der Waals surface area contributed by atoms with Gasteiger partial charge in [0.15, 0.2) is 10.8 Å². The maximum atomic E-state index is 12.3.